The summed E-state index contributed by atoms with van der Waals surface area (Å²) in [6, 6.07) is 3.57. The van der Waals surface area contributed by atoms with Gasteiger partial charge in [0, 0.05) is 0 Å². The van der Waals surface area contributed by atoms with Gasteiger partial charge in [-0.1, -0.05) is 20.8 Å². The number of hydrogen-bond acceptors (Lipinski definition) is 4. The Balaban J connectivity index is 3.39. The van der Waals surface area contributed by atoms with Crippen LogP contribution in [0.3, 0.4) is 0 Å². The molecule has 1 aromatic carbocycles. The minimum atomic E-state index is -0.872. The summed E-state index contributed by atoms with van der Waals surface area (Å²) in [6.07, 6.45) is 0. The summed E-state index contributed by atoms with van der Waals surface area (Å²) in [5.41, 5.74) is 0.987. The highest BCUT2D eigenvalue weighted by atomic mass is 79.9. The normalized spacial score (nSPS) is 11.1. The molecule has 0 aliphatic heterocycles. The third-order valence-electron chi connectivity index (χ3n) is 2.82. The Morgan fingerprint density at radius 2 is 1.85 bits per heavy atom. The molecule has 0 unspecified atom stereocenters. The monoisotopic (exact) mass is 342 g/mol. The van der Waals surface area contributed by atoms with E-state index >= 15 is 0 Å². The molecule has 0 aliphatic rings. The highest BCUT2D eigenvalue weighted by Gasteiger charge is 2.26. The molecule has 0 radical (unpaired) electrons. The fraction of sp³-hybridized carbons (Fsp3) is 0.467. The highest BCUT2D eigenvalue weighted by Crippen LogP contribution is 2.35. The molecule has 1 aromatic rings. The van der Waals surface area contributed by atoms with Crippen molar-refractivity contribution in [2.45, 2.75) is 33.1 Å². The van der Waals surface area contributed by atoms with Gasteiger partial charge < -0.3 is 9.47 Å². The summed E-state index contributed by atoms with van der Waals surface area (Å²) >= 11 is 3.38. The van der Waals surface area contributed by atoms with Gasteiger partial charge in [0.15, 0.2) is 0 Å². The fourth-order valence-corrected chi connectivity index (χ4v) is 2.33. The van der Waals surface area contributed by atoms with Gasteiger partial charge in [-0.15, -0.1) is 0 Å². The SMILES string of the molecule is CCOC(=O)C(=O)c1cc(C(C)(C)C)cc(Br)c1OC. The standard InChI is InChI=1S/C15H19BrO4/c1-6-20-14(18)12(17)10-7-9(15(2,3)4)8-11(16)13(10)19-5/h7-8H,6H2,1-5H3. The second-order valence-electron chi connectivity index (χ2n) is 5.34. The van der Waals surface area contributed by atoms with Crippen molar-refractivity contribution in [1.82, 2.24) is 0 Å². The zero-order valence-electron chi connectivity index (χ0n) is 12.4. The van der Waals surface area contributed by atoms with Crippen LogP contribution in [0.15, 0.2) is 16.6 Å². The molecule has 0 aliphatic carbocycles. The summed E-state index contributed by atoms with van der Waals surface area (Å²) in [5.74, 6) is -1.23. The number of carbonyl (C=O) groups is 2. The van der Waals surface area contributed by atoms with Crippen molar-refractivity contribution < 1.29 is 19.1 Å². The van der Waals surface area contributed by atoms with Crippen LogP contribution in [0.2, 0.25) is 0 Å². The lowest BCUT2D eigenvalue weighted by atomic mass is 9.85. The maximum atomic E-state index is 12.2. The molecule has 110 valence electrons. The number of esters is 1. The van der Waals surface area contributed by atoms with Crippen LogP contribution >= 0.6 is 15.9 Å². The smallest absolute Gasteiger partial charge is 0.379 e. The Morgan fingerprint density at radius 1 is 1.25 bits per heavy atom. The molecule has 0 saturated carbocycles. The average molecular weight is 343 g/mol. The maximum Gasteiger partial charge on any atom is 0.379 e. The van der Waals surface area contributed by atoms with Crippen molar-refractivity contribution >= 4 is 27.7 Å². The molecule has 20 heavy (non-hydrogen) atoms. The number of rotatable bonds is 4. The van der Waals surface area contributed by atoms with Gasteiger partial charge in [0.1, 0.15) is 5.75 Å². The topological polar surface area (TPSA) is 52.6 Å². The third kappa shape index (κ3) is 3.60. The van der Waals surface area contributed by atoms with E-state index in [1.54, 1.807) is 13.0 Å². The van der Waals surface area contributed by atoms with E-state index < -0.39 is 11.8 Å². The molecular weight excluding hydrogens is 324 g/mol. The van der Waals surface area contributed by atoms with Crippen molar-refractivity contribution in [3.8, 4) is 5.75 Å². The van der Waals surface area contributed by atoms with Crippen molar-refractivity contribution in [3.63, 3.8) is 0 Å². The van der Waals surface area contributed by atoms with Crippen LogP contribution in [0, 0.1) is 0 Å². The van der Waals surface area contributed by atoms with Crippen LogP contribution in [0.4, 0.5) is 0 Å². The van der Waals surface area contributed by atoms with E-state index in [0.29, 0.717) is 10.2 Å². The zero-order chi connectivity index (χ0) is 15.5. The molecule has 0 amide bonds. The molecule has 0 bridgehead atoms. The van der Waals surface area contributed by atoms with Crippen molar-refractivity contribution in [2.24, 2.45) is 0 Å². The van der Waals surface area contributed by atoms with E-state index in [1.165, 1.54) is 7.11 Å². The first-order valence-electron chi connectivity index (χ1n) is 6.31. The van der Waals surface area contributed by atoms with Crippen LogP contribution in [-0.2, 0) is 14.9 Å². The summed E-state index contributed by atoms with van der Waals surface area (Å²) in [5, 5.41) is 0. The summed E-state index contributed by atoms with van der Waals surface area (Å²) in [6.45, 7) is 7.90. The molecule has 4 nitrogen and oxygen atoms in total. The van der Waals surface area contributed by atoms with Crippen molar-refractivity contribution in [3.05, 3.63) is 27.7 Å². The van der Waals surface area contributed by atoms with Gasteiger partial charge in [0.2, 0.25) is 0 Å². The van der Waals surface area contributed by atoms with Gasteiger partial charge in [0.05, 0.1) is 23.8 Å². The first kappa shape index (κ1) is 16.7. The fourth-order valence-electron chi connectivity index (χ4n) is 1.71. The minimum absolute atomic E-state index is 0.154. The van der Waals surface area contributed by atoms with Gasteiger partial charge in [-0.05, 0) is 46.0 Å². The Kier molecular flexibility index (Phi) is 5.34. The van der Waals surface area contributed by atoms with E-state index in [4.69, 9.17) is 9.47 Å². The molecule has 0 atom stereocenters. The van der Waals surface area contributed by atoms with E-state index in [2.05, 4.69) is 15.9 Å². The molecule has 0 N–H and O–H groups in total. The van der Waals surface area contributed by atoms with Gasteiger partial charge in [0.25, 0.3) is 5.78 Å². The van der Waals surface area contributed by atoms with Crippen molar-refractivity contribution in [1.29, 1.82) is 0 Å². The predicted octanol–water partition coefficient (Wildman–Crippen LogP) is 3.50. The third-order valence-corrected chi connectivity index (χ3v) is 3.41. The number of Topliss-reactive ketones (excluding diaryl/α,β-unsaturated/α-hetero) is 1. The Labute approximate surface area is 127 Å². The largest absolute Gasteiger partial charge is 0.495 e. The quantitative estimate of drug-likeness (QED) is 0.477. The number of benzene rings is 1. The van der Waals surface area contributed by atoms with Crippen LogP contribution in [-0.4, -0.2) is 25.5 Å². The molecule has 0 fully saturated rings. The highest BCUT2D eigenvalue weighted by molar-refractivity contribution is 9.10. The van der Waals surface area contributed by atoms with Crippen LogP contribution in [0.25, 0.3) is 0 Å². The molecule has 5 heteroatoms. The van der Waals surface area contributed by atoms with E-state index in [-0.39, 0.29) is 17.6 Å². The summed E-state index contributed by atoms with van der Waals surface area (Å²) < 4.78 is 10.6. The summed E-state index contributed by atoms with van der Waals surface area (Å²) in [4.78, 5) is 23.8. The Hall–Kier alpha value is -1.36. The maximum absolute atomic E-state index is 12.2. The molecule has 0 spiro atoms. The van der Waals surface area contributed by atoms with Crippen LogP contribution in [0.5, 0.6) is 5.75 Å². The zero-order valence-corrected chi connectivity index (χ0v) is 14.0. The first-order chi connectivity index (χ1) is 9.22. The lowest BCUT2D eigenvalue weighted by Gasteiger charge is -2.21. The molecule has 0 heterocycles. The number of carbonyl (C=O) groups excluding carboxylic acids is 2. The number of ether oxygens (including phenoxy) is 2. The molecular formula is C15H19BrO4. The van der Waals surface area contributed by atoms with E-state index in [1.807, 2.05) is 26.8 Å². The number of methoxy groups -OCH3 is 1. The minimum Gasteiger partial charge on any atom is -0.495 e. The van der Waals surface area contributed by atoms with Crippen LogP contribution < -0.4 is 4.74 Å². The second-order valence-corrected chi connectivity index (χ2v) is 6.19. The van der Waals surface area contributed by atoms with Gasteiger partial charge in [-0.3, -0.25) is 4.79 Å². The van der Waals surface area contributed by atoms with Gasteiger partial charge in [-0.25, -0.2) is 4.79 Å². The predicted molar refractivity (Wildman–Crippen MR) is 80.4 cm³/mol. The van der Waals surface area contributed by atoms with Gasteiger partial charge in [-0.2, -0.15) is 0 Å². The Morgan fingerprint density at radius 3 is 2.30 bits per heavy atom. The van der Waals surface area contributed by atoms with Gasteiger partial charge >= 0.3 is 5.97 Å². The first-order valence-corrected chi connectivity index (χ1v) is 7.11. The second kappa shape index (κ2) is 6.39. The number of halogens is 1. The lowest BCUT2D eigenvalue weighted by molar-refractivity contribution is -0.137. The van der Waals surface area contributed by atoms with E-state index in [9.17, 15) is 9.59 Å². The van der Waals surface area contributed by atoms with E-state index in [0.717, 1.165) is 5.56 Å². The number of ketones is 1. The average Bonchev–Trinajstić information content (AvgIpc) is 2.36. The Bertz CT molecular complexity index is 529. The molecule has 1 rings (SSSR count). The molecule has 0 aromatic heterocycles. The molecule has 0 saturated heterocycles. The summed E-state index contributed by atoms with van der Waals surface area (Å²) in [7, 11) is 1.46. The van der Waals surface area contributed by atoms with Crippen molar-refractivity contribution in [2.75, 3.05) is 13.7 Å². The number of hydrogen-bond donors (Lipinski definition) is 0. The lowest BCUT2D eigenvalue weighted by Crippen LogP contribution is -2.20. The van der Waals surface area contributed by atoms with Crippen LogP contribution in [0.1, 0.15) is 43.6 Å².